The van der Waals surface area contributed by atoms with E-state index in [1.807, 2.05) is 26.8 Å². The van der Waals surface area contributed by atoms with E-state index < -0.39 is 9.85 Å². The van der Waals surface area contributed by atoms with Crippen LogP contribution in [0.4, 0.5) is 17.1 Å². The lowest BCUT2D eigenvalue weighted by Gasteiger charge is -2.17. The molecule has 0 fully saturated rings. The summed E-state index contributed by atoms with van der Waals surface area (Å²) in [4.78, 5) is 20.6. The maximum Gasteiger partial charge on any atom is 0.301 e. The molecule has 1 N–H and O–H groups in total. The first-order chi connectivity index (χ1) is 11.3. The summed E-state index contributed by atoms with van der Waals surface area (Å²) in [5, 5.41) is 26.2. The van der Waals surface area contributed by atoms with Crippen LogP contribution in [-0.4, -0.2) is 15.6 Å². The van der Waals surface area contributed by atoms with Crippen LogP contribution in [0.25, 0.3) is 0 Å². The van der Waals surface area contributed by atoms with Gasteiger partial charge in [0.1, 0.15) is 5.69 Å². The Bertz CT molecular complexity index is 789. The number of nitro groups is 2. The van der Waals surface area contributed by atoms with Crippen molar-refractivity contribution in [2.24, 2.45) is 5.10 Å². The first kappa shape index (κ1) is 17.3. The van der Waals surface area contributed by atoms with Crippen molar-refractivity contribution in [1.82, 2.24) is 0 Å². The number of nitrogens with zero attached hydrogens (tertiary/aromatic N) is 3. The van der Waals surface area contributed by atoms with Crippen molar-refractivity contribution in [2.75, 3.05) is 5.43 Å². The first-order valence-corrected chi connectivity index (χ1v) is 7.40. The number of hydrazone groups is 1. The van der Waals surface area contributed by atoms with Gasteiger partial charge in [-0.25, -0.2) is 0 Å². The second kappa shape index (κ2) is 7.03. The van der Waals surface area contributed by atoms with Gasteiger partial charge in [-0.05, 0) is 51.3 Å². The van der Waals surface area contributed by atoms with Gasteiger partial charge < -0.3 is 0 Å². The lowest BCUT2D eigenvalue weighted by Crippen LogP contribution is -2.11. The average molecular weight is 330 g/mol. The van der Waals surface area contributed by atoms with Gasteiger partial charge in [0, 0.05) is 6.07 Å². The highest BCUT2D eigenvalue weighted by Gasteiger charge is 2.20. The number of nitrogens with one attached hydrogen (secondary N) is 1. The third-order valence-electron chi connectivity index (χ3n) is 3.75. The molecule has 0 radical (unpaired) electrons. The lowest BCUT2D eigenvalue weighted by molar-refractivity contribution is -0.393. The lowest BCUT2D eigenvalue weighted by atomic mass is 9.91. The second-order valence-corrected chi connectivity index (χ2v) is 5.79. The number of hydrogen-bond donors (Lipinski definition) is 1. The Labute approximate surface area is 138 Å². The van der Waals surface area contributed by atoms with Gasteiger partial charge in [0.05, 0.1) is 21.6 Å². The van der Waals surface area contributed by atoms with Crippen molar-refractivity contribution in [2.45, 2.75) is 33.6 Å². The van der Waals surface area contributed by atoms with E-state index in [2.05, 4.69) is 10.5 Å². The number of nitro benzene ring substituents is 2. The van der Waals surface area contributed by atoms with E-state index in [-0.39, 0.29) is 17.1 Å². The topological polar surface area (TPSA) is 111 Å². The Morgan fingerprint density at radius 3 is 2.46 bits per heavy atom. The largest absolute Gasteiger partial charge is 0.301 e. The van der Waals surface area contributed by atoms with Crippen LogP contribution in [0.3, 0.4) is 0 Å². The Morgan fingerprint density at radius 1 is 1.17 bits per heavy atom. The minimum Gasteiger partial charge on any atom is -0.271 e. The molecule has 8 nitrogen and oxygen atoms in total. The van der Waals surface area contributed by atoms with Crippen molar-refractivity contribution < 1.29 is 9.85 Å². The molecule has 8 heteroatoms. The molecule has 2 rings (SSSR count). The van der Waals surface area contributed by atoms with Gasteiger partial charge in [0.25, 0.3) is 5.69 Å². The summed E-state index contributed by atoms with van der Waals surface area (Å²) < 4.78 is 0. The number of anilines is 1. The molecule has 0 amide bonds. The molecule has 0 aromatic heterocycles. The zero-order valence-electron chi connectivity index (χ0n) is 13.7. The maximum atomic E-state index is 11.1. The van der Waals surface area contributed by atoms with Crippen molar-refractivity contribution >= 4 is 22.8 Å². The molecule has 0 unspecified atom stereocenters. The zero-order chi connectivity index (χ0) is 17.9. The Hall–Kier alpha value is -3.03. The maximum absolute atomic E-state index is 11.1. The number of hydrogen-bond acceptors (Lipinski definition) is 6. The fraction of sp³-hybridized carbons (Fsp3) is 0.312. The third-order valence-corrected chi connectivity index (χ3v) is 3.75. The SMILES string of the molecule is CC1=CC(=NNc2ccc([N+](=O)[O-])cc2[N+](=O)[O-])C(=C(C)C)CC1. The van der Waals surface area contributed by atoms with Gasteiger partial charge in [0.15, 0.2) is 0 Å². The molecular weight excluding hydrogens is 312 g/mol. The Morgan fingerprint density at radius 2 is 1.88 bits per heavy atom. The van der Waals surface area contributed by atoms with Gasteiger partial charge in [-0.15, -0.1) is 0 Å². The smallest absolute Gasteiger partial charge is 0.271 e. The molecule has 0 heterocycles. The molecule has 126 valence electrons. The minimum atomic E-state index is -0.669. The fourth-order valence-electron chi connectivity index (χ4n) is 2.45. The van der Waals surface area contributed by atoms with Crippen molar-refractivity contribution in [3.05, 3.63) is 61.2 Å². The number of rotatable bonds is 4. The quantitative estimate of drug-likeness (QED) is 0.651. The predicted molar refractivity (Wildman–Crippen MR) is 92.2 cm³/mol. The van der Waals surface area contributed by atoms with E-state index in [0.717, 1.165) is 35.8 Å². The minimum absolute atomic E-state index is 0.114. The molecule has 0 aliphatic heterocycles. The van der Waals surface area contributed by atoms with Crippen molar-refractivity contribution in [1.29, 1.82) is 0 Å². The standard InChI is InChI=1S/C16H18N4O4/c1-10(2)13-6-4-11(3)8-15(13)18-17-14-7-5-12(19(21)22)9-16(14)20(23)24/h5,7-9,17H,4,6H2,1-3H3. The summed E-state index contributed by atoms with van der Waals surface area (Å²) in [6, 6.07) is 3.42. The van der Waals surface area contributed by atoms with Gasteiger partial charge in [-0.1, -0.05) is 11.1 Å². The van der Waals surface area contributed by atoms with Crippen LogP contribution < -0.4 is 5.43 Å². The van der Waals surface area contributed by atoms with Gasteiger partial charge in [-0.3, -0.25) is 25.7 Å². The van der Waals surface area contributed by atoms with E-state index in [9.17, 15) is 20.2 Å². The highest BCUT2D eigenvalue weighted by molar-refractivity contribution is 6.10. The first-order valence-electron chi connectivity index (χ1n) is 7.40. The van der Waals surface area contributed by atoms with E-state index >= 15 is 0 Å². The molecule has 0 bridgehead atoms. The van der Waals surface area contributed by atoms with Crippen LogP contribution in [0.15, 0.2) is 46.1 Å². The van der Waals surface area contributed by atoms with Gasteiger partial charge in [0.2, 0.25) is 0 Å². The molecule has 0 atom stereocenters. The highest BCUT2D eigenvalue weighted by atomic mass is 16.6. The van der Waals surface area contributed by atoms with Crippen LogP contribution in [0.2, 0.25) is 0 Å². The average Bonchev–Trinajstić information content (AvgIpc) is 2.52. The van der Waals surface area contributed by atoms with E-state index in [0.29, 0.717) is 0 Å². The summed E-state index contributed by atoms with van der Waals surface area (Å²) in [6.45, 7) is 5.99. The van der Waals surface area contributed by atoms with Crippen molar-refractivity contribution in [3.8, 4) is 0 Å². The number of benzene rings is 1. The summed E-state index contributed by atoms with van der Waals surface area (Å²) >= 11 is 0. The van der Waals surface area contributed by atoms with Crippen molar-refractivity contribution in [3.63, 3.8) is 0 Å². The molecule has 0 spiro atoms. The second-order valence-electron chi connectivity index (χ2n) is 5.79. The fourth-order valence-corrected chi connectivity index (χ4v) is 2.45. The normalized spacial score (nSPS) is 15.9. The molecule has 1 aliphatic carbocycles. The summed E-state index contributed by atoms with van der Waals surface area (Å²) in [5.74, 6) is 0. The van der Waals surface area contributed by atoms with Crippen LogP contribution in [0.5, 0.6) is 0 Å². The molecule has 1 aromatic carbocycles. The van der Waals surface area contributed by atoms with Gasteiger partial charge in [-0.2, -0.15) is 5.10 Å². The predicted octanol–water partition coefficient (Wildman–Crippen LogP) is 4.35. The van der Waals surface area contributed by atoms with E-state index in [1.165, 1.54) is 17.7 Å². The molecule has 1 aromatic rings. The summed E-state index contributed by atoms with van der Waals surface area (Å²) in [7, 11) is 0. The highest BCUT2D eigenvalue weighted by Crippen LogP contribution is 2.30. The molecule has 0 saturated carbocycles. The summed E-state index contributed by atoms with van der Waals surface area (Å²) in [5.41, 5.74) is 6.21. The Kier molecular flexibility index (Phi) is 5.08. The molecular formula is C16H18N4O4. The van der Waals surface area contributed by atoms with Gasteiger partial charge >= 0.3 is 5.69 Å². The van der Waals surface area contributed by atoms with Crippen LogP contribution in [0, 0.1) is 20.2 Å². The Balaban J connectivity index is 2.40. The summed E-state index contributed by atoms with van der Waals surface area (Å²) in [6.07, 6.45) is 3.76. The van der Waals surface area contributed by atoms with Crippen LogP contribution in [0.1, 0.15) is 33.6 Å². The van der Waals surface area contributed by atoms with Crippen LogP contribution >= 0.6 is 0 Å². The monoisotopic (exact) mass is 330 g/mol. The van der Waals surface area contributed by atoms with E-state index in [1.54, 1.807) is 0 Å². The zero-order valence-corrected chi connectivity index (χ0v) is 13.7. The number of allylic oxidation sites excluding steroid dienone is 4. The van der Waals surface area contributed by atoms with E-state index in [4.69, 9.17) is 0 Å². The number of non-ortho nitro benzene ring substituents is 1. The van der Waals surface area contributed by atoms with Crippen LogP contribution in [-0.2, 0) is 0 Å². The molecule has 0 saturated heterocycles. The third kappa shape index (κ3) is 3.83. The molecule has 24 heavy (non-hydrogen) atoms. The molecule has 1 aliphatic rings.